The smallest absolute Gasteiger partial charge is 0.310 e. The lowest BCUT2D eigenvalue weighted by atomic mass is 10.0. The predicted octanol–water partition coefficient (Wildman–Crippen LogP) is 3.06. The van der Waals surface area contributed by atoms with Crippen LogP contribution in [0.2, 0.25) is 5.02 Å². The van der Waals surface area contributed by atoms with E-state index in [-0.39, 0.29) is 23.3 Å². The molecule has 1 aromatic rings. The van der Waals surface area contributed by atoms with Crippen molar-refractivity contribution in [3.8, 4) is 6.07 Å². The number of ether oxygens (including phenoxy) is 1. The summed E-state index contributed by atoms with van der Waals surface area (Å²) in [4.78, 5) is 11.4. The topological polar surface area (TPSA) is 50.1 Å². The zero-order valence-corrected chi connectivity index (χ0v) is 10.8. The fourth-order valence-electron chi connectivity index (χ4n) is 1.41. The maximum Gasteiger partial charge on any atom is 0.310 e. The molecule has 0 aliphatic heterocycles. The van der Waals surface area contributed by atoms with E-state index in [4.69, 9.17) is 33.2 Å². The molecule has 0 saturated heterocycles. The molecule has 3 nitrogen and oxygen atoms in total. The standard InChI is InChI=1S/C12H11Cl2NO2/c1-2-17-11(16)5-9-3-8(6-13)4-10(7-15)12(9)14/h3-4H,2,5-6H2,1H3. The minimum absolute atomic E-state index is 0.0477. The van der Waals surface area contributed by atoms with E-state index < -0.39 is 0 Å². The van der Waals surface area contributed by atoms with Gasteiger partial charge < -0.3 is 4.74 Å². The van der Waals surface area contributed by atoms with Crippen molar-refractivity contribution in [3.63, 3.8) is 0 Å². The average molecular weight is 272 g/mol. The Kier molecular flexibility index (Phi) is 5.27. The van der Waals surface area contributed by atoms with E-state index in [0.29, 0.717) is 17.7 Å². The van der Waals surface area contributed by atoms with Crippen molar-refractivity contribution >= 4 is 29.2 Å². The summed E-state index contributed by atoms with van der Waals surface area (Å²) in [6, 6.07) is 5.30. The molecule has 0 fully saturated rings. The highest BCUT2D eigenvalue weighted by Gasteiger charge is 2.12. The number of nitrogens with zero attached hydrogens (tertiary/aromatic N) is 1. The third-order valence-corrected chi connectivity index (χ3v) is 2.88. The zero-order valence-electron chi connectivity index (χ0n) is 9.30. The van der Waals surface area contributed by atoms with Crippen LogP contribution >= 0.6 is 23.2 Å². The highest BCUT2D eigenvalue weighted by molar-refractivity contribution is 6.32. The van der Waals surface area contributed by atoms with Crippen molar-refractivity contribution < 1.29 is 9.53 Å². The maximum absolute atomic E-state index is 11.4. The van der Waals surface area contributed by atoms with E-state index in [1.54, 1.807) is 19.1 Å². The van der Waals surface area contributed by atoms with Crippen LogP contribution in [0.5, 0.6) is 0 Å². The Balaban J connectivity index is 3.06. The first-order valence-corrected chi connectivity index (χ1v) is 5.96. The number of benzene rings is 1. The number of halogens is 2. The number of hydrogen-bond acceptors (Lipinski definition) is 3. The second kappa shape index (κ2) is 6.48. The Labute approximate surface area is 110 Å². The highest BCUT2D eigenvalue weighted by Crippen LogP contribution is 2.24. The first-order valence-electron chi connectivity index (χ1n) is 5.05. The minimum atomic E-state index is -0.370. The van der Waals surface area contributed by atoms with Gasteiger partial charge in [-0.1, -0.05) is 17.7 Å². The summed E-state index contributed by atoms with van der Waals surface area (Å²) in [5.41, 5.74) is 1.65. The van der Waals surface area contributed by atoms with Crippen molar-refractivity contribution in [1.82, 2.24) is 0 Å². The number of carbonyl (C=O) groups is 1. The Morgan fingerprint density at radius 1 is 1.53 bits per heavy atom. The van der Waals surface area contributed by atoms with Gasteiger partial charge in [0.25, 0.3) is 0 Å². The molecule has 0 N–H and O–H groups in total. The van der Waals surface area contributed by atoms with Crippen LogP contribution in [0.15, 0.2) is 12.1 Å². The van der Waals surface area contributed by atoms with Gasteiger partial charge in [-0.15, -0.1) is 11.6 Å². The molecule has 0 atom stereocenters. The van der Waals surface area contributed by atoms with Crippen molar-refractivity contribution in [3.05, 3.63) is 33.8 Å². The summed E-state index contributed by atoms with van der Waals surface area (Å²) in [6.45, 7) is 2.05. The van der Waals surface area contributed by atoms with Crippen LogP contribution in [0, 0.1) is 11.3 Å². The average Bonchev–Trinajstić information content (AvgIpc) is 2.32. The van der Waals surface area contributed by atoms with Crippen molar-refractivity contribution in [2.24, 2.45) is 0 Å². The van der Waals surface area contributed by atoms with Gasteiger partial charge in [0.15, 0.2) is 0 Å². The zero-order chi connectivity index (χ0) is 12.8. The number of esters is 1. The fraction of sp³-hybridized carbons (Fsp3) is 0.333. The van der Waals surface area contributed by atoms with E-state index in [9.17, 15) is 4.79 Å². The molecule has 0 bridgehead atoms. The molecule has 0 radical (unpaired) electrons. The number of alkyl halides is 1. The Hall–Kier alpha value is -1.24. The Morgan fingerprint density at radius 3 is 2.76 bits per heavy atom. The third kappa shape index (κ3) is 3.62. The molecule has 0 unspecified atom stereocenters. The van der Waals surface area contributed by atoms with E-state index in [2.05, 4.69) is 0 Å². The van der Waals surface area contributed by atoms with Gasteiger partial charge in [-0.2, -0.15) is 5.26 Å². The SMILES string of the molecule is CCOC(=O)Cc1cc(CCl)cc(C#N)c1Cl. The van der Waals surface area contributed by atoms with Crippen LogP contribution in [0.25, 0.3) is 0 Å². The number of carbonyl (C=O) groups excluding carboxylic acids is 1. The number of hydrogen-bond donors (Lipinski definition) is 0. The molecule has 5 heteroatoms. The van der Waals surface area contributed by atoms with Gasteiger partial charge in [0.2, 0.25) is 0 Å². The maximum atomic E-state index is 11.4. The van der Waals surface area contributed by atoms with E-state index in [1.807, 2.05) is 6.07 Å². The molecule has 0 aromatic heterocycles. The van der Waals surface area contributed by atoms with Crippen LogP contribution in [0.3, 0.4) is 0 Å². The van der Waals surface area contributed by atoms with Crippen LogP contribution < -0.4 is 0 Å². The quantitative estimate of drug-likeness (QED) is 0.625. The number of nitriles is 1. The highest BCUT2D eigenvalue weighted by atomic mass is 35.5. The Morgan fingerprint density at radius 2 is 2.24 bits per heavy atom. The van der Waals surface area contributed by atoms with Gasteiger partial charge in [-0.05, 0) is 24.1 Å². The van der Waals surface area contributed by atoms with Gasteiger partial charge in [0.05, 0.1) is 23.6 Å². The molecule has 90 valence electrons. The molecule has 1 rings (SSSR count). The van der Waals surface area contributed by atoms with E-state index in [1.165, 1.54) is 0 Å². The van der Waals surface area contributed by atoms with Gasteiger partial charge in [0, 0.05) is 5.88 Å². The summed E-state index contributed by atoms with van der Waals surface area (Å²) < 4.78 is 4.83. The van der Waals surface area contributed by atoms with Gasteiger partial charge in [0.1, 0.15) is 6.07 Å². The first-order chi connectivity index (χ1) is 8.12. The number of rotatable bonds is 4. The van der Waals surface area contributed by atoms with E-state index >= 15 is 0 Å². The van der Waals surface area contributed by atoms with Crippen molar-refractivity contribution in [2.75, 3.05) is 6.61 Å². The Bertz CT molecular complexity index is 466. The van der Waals surface area contributed by atoms with Crippen LogP contribution in [-0.2, 0) is 21.8 Å². The molecule has 0 heterocycles. The summed E-state index contributed by atoms with van der Waals surface area (Å²) in [7, 11) is 0. The lowest BCUT2D eigenvalue weighted by Gasteiger charge is -2.07. The molecule has 0 aliphatic carbocycles. The first kappa shape index (κ1) is 13.8. The predicted molar refractivity (Wildman–Crippen MR) is 66.1 cm³/mol. The lowest BCUT2D eigenvalue weighted by molar-refractivity contribution is -0.142. The second-order valence-corrected chi connectivity index (χ2v) is 3.99. The molecule has 0 amide bonds. The summed E-state index contributed by atoms with van der Waals surface area (Å²) in [5, 5.41) is 9.19. The van der Waals surface area contributed by atoms with Crippen LogP contribution in [0.4, 0.5) is 0 Å². The normalized spacial score (nSPS) is 9.76. The van der Waals surface area contributed by atoms with Gasteiger partial charge in [-0.25, -0.2) is 0 Å². The molecule has 0 spiro atoms. The summed E-state index contributed by atoms with van der Waals surface area (Å²) in [6.07, 6.45) is 0.0477. The molecule has 17 heavy (non-hydrogen) atoms. The monoisotopic (exact) mass is 271 g/mol. The molecular formula is C12H11Cl2NO2. The van der Waals surface area contributed by atoms with Crippen molar-refractivity contribution in [2.45, 2.75) is 19.2 Å². The molecule has 0 saturated carbocycles. The summed E-state index contributed by atoms with van der Waals surface area (Å²) >= 11 is 11.7. The molecule has 0 aliphatic rings. The van der Waals surface area contributed by atoms with Gasteiger partial charge >= 0.3 is 5.97 Å². The van der Waals surface area contributed by atoms with Crippen LogP contribution in [-0.4, -0.2) is 12.6 Å². The summed E-state index contributed by atoms with van der Waals surface area (Å²) in [5.74, 6) is -0.105. The fourth-order valence-corrected chi connectivity index (χ4v) is 1.78. The van der Waals surface area contributed by atoms with Crippen molar-refractivity contribution in [1.29, 1.82) is 5.26 Å². The second-order valence-electron chi connectivity index (χ2n) is 3.34. The largest absolute Gasteiger partial charge is 0.466 e. The van der Waals surface area contributed by atoms with E-state index in [0.717, 1.165) is 5.56 Å². The van der Waals surface area contributed by atoms with Crippen LogP contribution in [0.1, 0.15) is 23.6 Å². The van der Waals surface area contributed by atoms with Gasteiger partial charge in [-0.3, -0.25) is 4.79 Å². The lowest BCUT2D eigenvalue weighted by Crippen LogP contribution is -2.08. The third-order valence-electron chi connectivity index (χ3n) is 2.12. The minimum Gasteiger partial charge on any atom is -0.466 e. The molecular weight excluding hydrogens is 261 g/mol. The molecule has 1 aromatic carbocycles.